The van der Waals surface area contributed by atoms with Crippen LogP contribution in [0.1, 0.15) is 35.2 Å². The molecule has 0 saturated heterocycles. The topological polar surface area (TPSA) is 90.3 Å². The molecular weight excluding hydrogens is 478 g/mol. The maximum absolute atomic E-state index is 12.8. The summed E-state index contributed by atoms with van der Waals surface area (Å²) in [5.74, 6) is 1.80. The van der Waals surface area contributed by atoms with E-state index in [9.17, 15) is 4.79 Å². The fraction of sp³-hybridized carbons (Fsp3) is 0.222. The first-order valence-electron chi connectivity index (χ1n) is 11.6. The molecule has 1 aliphatic heterocycles. The highest BCUT2D eigenvalue weighted by molar-refractivity contribution is 6.30. The van der Waals surface area contributed by atoms with Crippen LogP contribution in [0.2, 0.25) is 5.02 Å². The predicted molar refractivity (Wildman–Crippen MR) is 139 cm³/mol. The minimum atomic E-state index is -0.226. The molecular formula is C27H26ClN5O3. The quantitative estimate of drug-likeness (QED) is 0.357. The van der Waals surface area contributed by atoms with E-state index in [4.69, 9.17) is 21.1 Å². The number of methoxy groups -OCH3 is 2. The number of nitrogens with zero attached hydrogens (tertiary/aromatic N) is 3. The smallest absolute Gasteiger partial charge is 0.250 e. The molecule has 2 atom stereocenters. The summed E-state index contributed by atoms with van der Waals surface area (Å²) in [6.07, 6.45) is 0.911. The average Bonchev–Trinajstić information content (AvgIpc) is 3.31. The molecule has 4 aromatic rings. The van der Waals surface area contributed by atoms with Gasteiger partial charge in [-0.25, -0.2) is 4.68 Å². The number of aromatic nitrogens is 3. The Morgan fingerprint density at radius 2 is 1.78 bits per heavy atom. The molecule has 0 aliphatic carbocycles. The number of carbonyl (C=O) groups is 1. The van der Waals surface area contributed by atoms with Crippen LogP contribution >= 0.6 is 11.6 Å². The Labute approximate surface area is 214 Å². The SMILES string of the molecule is COc1ccc(CC(=O)Nc2nc3n(n2)[C@H](c2ccccc2)C[C@@H](c2ccc(Cl)cc2)N3)cc1OC. The number of nitrogens with one attached hydrogen (secondary N) is 2. The number of carbonyl (C=O) groups excluding carboxylic acids is 1. The number of anilines is 2. The van der Waals surface area contributed by atoms with Gasteiger partial charge in [-0.1, -0.05) is 60.1 Å². The van der Waals surface area contributed by atoms with Crippen LogP contribution in [0, 0.1) is 0 Å². The van der Waals surface area contributed by atoms with Crippen molar-refractivity contribution in [1.82, 2.24) is 14.8 Å². The summed E-state index contributed by atoms with van der Waals surface area (Å²) in [5.41, 5.74) is 3.01. The molecule has 0 bridgehead atoms. The number of benzene rings is 3. The minimum Gasteiger partial charge on any atom is -0.493 e. The molecule has 36 heavy (non-hydrogen) atoms. The van der Waals surface area contributed by atoms with Gasteiger partial charge >= 0.3 is 0 Å². The molecule has 184 valence electrons. The number of amides is 1. The van der Waals surface area contributed by atoms with Crippen molar-refractivity contribution in [2.24, 2.45) is 0 Å². The van der Waals surface area contributed by atoms with E-state index in [1.807, 2.05) is 53.2 Å². The Kier molecular flexibility index (Phi) is 6.77. The van der Waals surface area contributed by atoms with E-state index in [1.165, 1.54) is 0 Å². The summed E-state index contributed by atoms with van der Waals surface area (Å²) in [5, 5.41) is 11.6. The van der Waals surface area contributed by atoms with Gasteiger partial charge in [0.05, 0.1) is 32.7 Å². The molecule has 1 aromatic heterocycles. The van der Waals surface area contributed by atoms with Gasteiger partial charge in [-0.15, -0.1) is 5.10 Å². The van der Waals surface area contributed by atoms with Gasteiger partial charge in [0.1, 0.15) is 0 Å². The highest BCUT2D eigenvalue weighted by atomic mass is 35.5. The number of rotatable bonds is 7. The van der Waals surface area contributed by atoms with Gasteiger partial charge in [-0.3, -0.25) is 10.1 Å². The van der Waals surface area contributed by atoms with Crippen LogP contribution in [-0.2, 0) is 11.2 Å². The van der Waals surface area contributed by atoms with Crippen LogP contribution in [0.5, 0.6) is 11.5 Å². The zero-order chi connectivity index (χ0) is 25.1. The molecule has 2 heterocycles. The van der Waals surface area contributed by atoms with Crippen molar-refractivity contribution in [2.45, 2.75) is 24.9 Å². The predicted octanol–water partition coefficient (Wildman–Crippen LogP) is 5.28. The number of hydrogen-bond acceptors (Lipinski definition) is 6. The summed E-state index contributed by atoms with van der Waals surface area (Å²) >= 11 is 6.10. The fourth-order valence-corrected chi connectivity index (χ4v) is 4.57. The van der Waals surface area contributed by atoms with Gasteiger partial charge < -0.3 is 14.8 Å². The second-order valence-electron chi connectivity index (χ2n) is 8.53. The Bertz CT molecular complexity index is 1360. The lowest BCUT2D eigenvalue weighted by Gasteiger charge is -2.31. The maximum atomic E-state index is 12.8. The summed E-state index contributed by atoms with van der Waals surface area (Å²) in [6, 6.07) is 23.3. The summed E-state index contributed by atoms with van der Waals surface area (Å²) < 4.78 is 12.4. The van der Waals surface area contributed by atoms with E-state index < -0.39 is 0 Å². The average molecular weight is 504 g/mol. The van der Waals surface area contributed by atoms with Gasteiger partial charge in [-0.05, 0) is 47.4 Å². The maximum Gasteiger partial charge on any atom is 0.250 e. The fourth-order valence-electron chi connectivity index (χ4n) is 4.44. The monoisotopic (exact) mass is 503 g/mol. The third-order valence-corrected chi connectivity index (χ3v) is 6.46. The third kappa shape index (κ3) is 4.99. The Balaban J connectivity index is 1.38. The van der Waals surface area contributed by atoms with E-state index in [0.29, 0.717) is 22.5 Å². The van der Waals surface area contributed by atoms with Gasteiger partial charge in [0.15, 0.2) is 11.5 Å². The molecule has 0 unspecified atom stereocenters. The molecule has 3 aromatic carbocycles. The molecule has 2 N–H and O–H groups in total. The van der Waals surface area contributed by atoms with Crippen LogP contribution in [0.15, 0.2) is 72.8 Å². The lowest BCUT2D eigenvalue weighted by atomic mass is 9.93. The van der Waals surface area contributed by atoms with E-state index in [2.05, 4.69) is 32.8 Å². The summed E-state index contributed by atoms with van der Waals surface area (Å²) in [4.78, 5) is 17.4. The molecule has 8 nitrogen and oxygen atoms in total. The van der Waals surface area contributed by atoms with Crippen molar-refractivity contribution in [3.63, 3.8) is 0 Å². The Morgan fingerprint density at radius 1 is 1.03 bits per heavy atom. The van der Waals surface area contributed by atoms with Crippen molar-refractivity contribution in [3.8, 4) is 11.5 Å². The number of fused-ring (bicyclic) bond motifs is 1. The minimum absolute atomic E-state index is 0.0134. The standard InChI is InChI=1S/C27H26ClN5O3/c1-35-23-13-8-17(14-24(23)36-2)15-25(34)30-26-31-27-29-21(18-9-11-20(28)12-10-18)16-22(33(27)32-26)19-6-4-3-5-7-19/h3-14,21-22H,15-16H2,1-2H3,(H2,29,30,31,32,34)/t21-,22-/m0/s1. The molecule has 0 radical (unpaired) electrons. The first-order chi connectivity index (χ1) is 17.5. The normalized spacial score (nSPS) is 16.5. The molecule has 5 rings (SSSR count). The molecule has 0 spiro atoms. The van der Waals surface area contributed by atoms with Gasteiger partial charge in [0, 0.05) is 5.02 Å². The number of hydrogen-bond donors (Lipinski definition) is 2. The highest BCUT2D eigenvalue weighted by Gasteiger charge is 2.31. The molecule has 1 amide bonds. The van der Waals surface area contributed by atoms with Crippen LogP contribution in [0.25, 0.3) is 0 Å². The van der Waals surface area contributed by atoms with Gasteiger partial charge in [0.2, 0.25) is 11.9 Å². The van der Waals surface area contributed by atoms with Crippen molar-refractivity contribution >= 4 is 29.4 Å². The van der Waals surface area contributed by atoms with Crippen molar-refractivity contribution < 1.29 is 14.3 Å². The lowest BCUT2D eigenvalue weighted by molar-refractivity contribution is -0.115. The summed E-state index contributed by atoms with van der Waals surface area (Å²) in [6.45, 7) is 0. The van der Waals surface area contributed by atoms with Crippen molar-refractivity contribution in [3.05, 3.63) is 94.5 Å². The molecule has 0 saturated carbocycles. The van der Waals surface area contributed by atoms with Crippen molar-refractivity contribution in [2.75, 3.05) is 24.9 Å². The Morgan fingerprint density at radius 3 is 2.50 bits per heavy atom. The first-order valence-corrected chi connectivity index (χ1v) is 12.0. The van der Waals surface area contributed by atoms with E-state index in [1.54, 1.807) is 26.4 Å². The zero-order valence-electron chi connectivity index (χ0n) is 19.9. The van der Waals surface area contributed by atoms with Gasteiger partial charge in [-0.2, -0.15) is 4.98 Å². The van der Waals surface area contributed by atoms with Crippen molar-refractivity contribution in [1.29, 1.82) is 0 Å². The second kappa shape index (κ2) is 10.3. The van der Waals surface area contributed by atoms with Gasteiger partial charge in [0.25, 0.3) is 5.95 Å². The van der Waals surface area contributed by atoms with Crippen LogP contribution in [0.3, 0.4) is 0 Å². The number of ether oxygens (including phenoxy) is 2. The highest BCUT2D eigenvalue weighted by Crippen LogP contribution is 2.38. The zero-order valence-corrected chi connectivity index (χ0v) is 20.7. The second-order valence-corrected chi connectivity index (χ2v) is 8.96. The van der Waals surface area contributed by atoms with E-state index in [0.717, 1.165) is 23.1 Å². The molecule has 0 fully saturated rings. The largest absolute Gasteiger partial charge is 0.493 e. The van der Waals surface area contributed by atoms with E-state index >= 15 is 0 Å². The molecule has 1 aliphatic rings. The summed E-state index contributed by atoms with van der Waals surface area (Å²) in [7, 11) is 3.14. The van der Waals surface area contributed by atoms with Crippen LogP contribution in [0.4, 0.5) is 11.9 Å². The van der Waals surface area contributed by atoms with Crippen LogP contribution in [-0.4, -0.2) is 34.9 Å². The first kappa shape index (κ1) is 23.7. The Hall–Kier alpha value is -4.04. The van der Waals surface area contributed by atoms with Crippen LogP contribution < -0.4 is 20.1 Å². The van der Waals surface area contributed by atoms with E-state index in [-0.39, 0.29) is 30.4 Å². The number of halogens is 1. The molecule has 9 heteroatoms. The lowest BCUT2D eigenvalue weighted by Crippen LogP contribution is -2.28. The third-order valence-electron chi connectivity index (χ3n) is 6.21.